The molecule has 4 atom stereocenters. The van der Waals surface area contributed by atoms with Gasteiger partial charge in [-0.25, -0.2) is 9.59 Å². The van der Waals surface area contributed by atoms with Gasteiger partial charge in [-0.1, -0.05) is 12.1 Å². The highest BCUT2D eigenvalue weighted by Crippen LogP contribution is 2.36. The molecule has 4 unspecified atom stereocenters. The lowest BCUT2D eigenvalue weighted by Gasteiger charge is -2.08. The average Bonchev–Trinajstić information content (AvgIpc) is 3.73. The van der Waals surface area contributed by atoms with Gasteiger partial charge in [0.15, 0.2) is 23.0 Å². The molecule has 20 nitrogen and oxygen atoms in total. The molecule has 4 aliphatic rings. The molecule has 0 aromatic heterocycles. The third kappa shape index (κ3) is 11.8. The van der Waals surface area contributed by atoms with Crippen LogP contribution in [-0.4, -0.2) is 112 Å². The number of carboxylic acids is 4. The van der Waals surface area contributed by atoms with Crippen molar-refractivity contribution in [3.63, 3.8) is 0 Å². The van der Waals surface area contributed by atoms with E-state index in [0.717, 1.165) is 18.2 Å². The SMILES string of the molecule is NC(CC1=CC(=O)C(=O)C=C1)C(=O)O.NC(Cc1ccc(O)c(O)c1)C(=O)O.O=C(O)C1Cc2cc(O)c(O)cc2N1.O=C1C=C2CC(C(=O)O)NC2=CC1=O. The summed E-state index contributed by atoms with van der Waals surface area (Å²) in [6.07, 6.45) is 6.73. The topological polar surface area (TPSA) is 374 Å². The summed E-state index contributed by atoms with van der Waals surface area (Å²) in [7, 11) is 0. The Morgan fingerprint density at radius 3 is 1.73 bits per heavy atom. The van der Waals surface area contributed by atoms with Crippen molar-refractivity contribution >= 4 is 52.7 Å². The first-order valence-electron chi connectivity index (χ1n) is 16.2. The lowest BCUT2D eigenvalue weighted by Crippen LogP contribution is -2.32. The predicted octanol–water partition coefficient (Wildman–Crippen LogP) is -0.611. The number of hydrogen-bond acceptors (Lipinski definition) is 16. The van der Waals surface area contributed by atoms with Gasteiger partial charge in [-0.3, -0.25) is 28.8 Å². The lowest BCUT2D eigenvalue weighted by molar-refractivity contribution is -0.139. The fourth-order valence-electron chi connectivity index (χ4n) is 5.10. The second kappa shape index (κ2) is 18.6. The Morgan fingerprint density at radius 1 is 0.625 bits per heavy atom. The summed E-state index contributed by atoms with van der Waals surface area (Å²) in [5.41, 5.74) is 13.9. The number of carbonyl (C=O) groups is 8. The van der Waals surface area contributed by atoms with Crippen molar-refractivity contribution in [3.8, 4) is 23.0 Å². The van der Waals surface area contributed by atoms with Crippen LogP contribution in [0.4, 0.5) is 5.69 Å². The van der Waals surface area contributed by atoms with Crippen LogP contribution in [0.2, 0.25) is 0 Å². The first-order chi connectivity index (χ1) is 26.2. The molecular formula is C36H36N4O16. The summed E-state index contributed by atoms with van der Waals surface area (Å²) in [6.45, 7) is 0. The van der Waals surface area contributed by atoms with Gasteiger partial charge in [-0.15, -0.1) is 0 Å². The number of allylic oxidation sites excluding steroid dienone is 6. The molecule has 0 radical (unpaired) electrons. The Morgan fingerprint density at radius 2 is 1.16 bits per heavy atom. The van der Waals surface area contributed by atoms with Gasteiger partial charge in [0.25, 0.3) is 0 Å². The van der Waals surface area contributed by atoms with E-state index in [0.29, 0.717) is 40.1 Å². The average molecular weight is 781 g/mol. The number of carboxylic acid groups (broad SMARTS) is 4. The monoisotopic (exact) mass is 780 g/mol. The summed E-state index contributed by atoms with van der Waals surface area (Å²) >= 11 is 0. The quantitative estimate of drug-likeness (QED) is 0.0687. The van der Waals surface area contributed by atoms with Crippen molar-refractivity contribution in [1.29, 1.82) is 0 Å². The number of phenols is 4. The summed E-state index contributed by atoms with van der Waals surface area (Å²) in [6, 6.07) is 3.34. The number of aliphatic carboxylic acids is 4. The Labute approximate surface area is 315 Å². The third-order valence-electron chi connectivity index (χ3n) is 8.07. The van der Waals surface area contributed by atoms with E-state index in [4.69, 9.17) is 42.1 Å². The van der Waals surface area contributed by atoms with Gasteiger partial charge in [-0.05, 0) is 71.5 Å². The van der Waals surface area contributed by atoms with Gasteiger partial charge in [0.05, 0.1) is 0 Å². The van der Waals surface area contributed by atoms with E-state index in [-0.39, 0.29) is 42.3 Å². The minimum atomic E-state index is -1.14. The fraction of sp³-hybridized carbons (Fsp3) is 0.222. The first-order valence-corrected chi connectivity index (χ1v) is 16.2. The van der Waals surface area contributed by atoms with Crippen LogP contribution in [0.5, 0.6) is 23.0 Å². The Bertz CT molecular complexity index is 2040. The van der Waals surface area contributed by atoms with E-state index in [1.165, 1.54) is 42.5 Å². The van der Waals surface area contributed by atoms with Crippen LogP contribution in [0.1, 0.15) is 24.0 Å². The molecule has 2 heterocycles. The summed E-state index contributed by atoms with van der Waals surface area (Å²) in [5, 5.41) is 76.3. The van der Waals surface area contributed by atoms with E-state index in [2.05, 4.69) is 10.6 Å². The Balaban J connectivity index is 0.000000200. The van der Waals surface area contributed by atoms with Crippen molar-refractivity contribution in [1.82, 2.24) is 5.32 Å². The third-order valence-corrected chi connectivity index (χ3v) is 8.07. The second-order valence-electron chi connectivity index (χ2n) is 12.3. The zero-order chi connectivity index (χ0) is 42.0. The molecule has 1 saturated heterocycles. The minimum absolute atomic E-state index is 0.0465. The molecule has 20 heteroatoms. The number of ketones is 4. The minimum Gasteiger partial charge on any atom is -0.504 e. The number of aromatic hydroxyl groups is 4. The zero-order valence-electron chi connectivity index (χ0n) is 28.9. The molecule has 0 bridgehead atoms. The number of phenolic OH excluding ortho intramolecular Hbond substituents is 4. The van der Waals surface area contributed by atoms with Gasteiger partial charge in [0.1, 0.15) is 24.2 Å². The van der Waals surface area contributed by atoms with Gasteiger partial charge in [0, 0.05) is 36.4 Å². The van der Waals surface area contributed by atoms with Gasteiger partial charge < -0.3 is 63.0 Å². The van der Waals surface area contributed by atoms with Gasteiger partial charge in [0.2, 0.25) is 23.1 Å². The van der Waals surface area contributed by atoms with Gasteiger partial charge in [-0.2, -0.15) is 0 Å². The largest absolute Gasteiger partial charge is 0.504 e. The van der Waals surface area contributed by atoms with Crippen molar-refractivity contribution in [3.05, 3.63) is 88.7 Å². The van der Waals surface area contributed by atoms with Crippen LogP contribution in [0.25, 0.3) is 0 Å². The fourth-order valence-corrected chi connectivity index (χ4v) is 5.10. The van der Waals surface area contributed by atoms with Gasteiger partial charge >= 0.3 is 23.9 Å². The van der Waals surface area contributed by atoms with Crippen LogP contribution in [-0.2, 0) is 51.2 Å². The number of hydrogen-bond donors (Lipinski definition) is 12. The van der Waals surface area contributed by atoms with E-state index in [1.54, 1.807) is 0 Å². The van der Waals surface area contributed by atoms with E-state index in [9.17, 15) is 48.6 Å². The molecule has 2 aromatic carbocycles. The zero-order valence-corrected chi connectivity index (χ0v) is 28.9. The number of benzene rings is 2. The molecule has 2 aliphatic heterocycles. The van der Waals surface area contributed by atoms with Crippen LogP contribution in [0.15, 0.2) is 77.6 Å². The molecule has 296 valence electrons. The van der Waals surface area contributed by atoms with Crippen LogP contribution >= 0.6 is 0 Å². The standard InChI is InChI=1S/C9H9NO4.C9H7NO4.C9H11NO4.C9H9NO4/c2*11-7-2-4-1-6(9(13)14)10-5(4)3-8(7)12;2*10-6(9(13)14)3-5-1-2-7(11)8(12)4-5/h2-3,6,10-12H,1H2,(H,13,14);2-3,6,10H,1H2,(H,13,14);1-2,4,6,11-12H,3,10H2,(H,13,14);1-2,4,6H,3,10H2,(H,13,14). The second-order valence-corrected chi connectivity index (χ2v) is 12.3. The molecule has 1 fully saturated rings. The van der Waals surface area contributed by atoms with Crippen molar-refractivity contribution < 1.29 is 79.2 Å². The maximum Gasteiger partial charge on any atom is 0.326 e. The van der Waals surface area contributed by atoms with Crippen molar-refractivity contribution in [2.24, 2.45) is 11.5 Å². The molecule has 2 aromatic rings. The normalized spacial score (nSPS) is 18.5. The number of nitrogens with two attached hydrogens (primary N) is 2. The molecule has 6 rings (SSSR count). The Hall–Kier alpha value is -7.32. The lowest BCUT2D eigenvalue weighted by atomic mass is 9.99. The molecule has 2 aliphatic carbocycles. The molecule has 0 amide bonds. The first kappa shape index (κ1) is 43.1. The number of carbonyl (C=O) groups excluding carboxylic acids is 4. The molecule has 14 N–H and O–H groups in total. The highest BCUT2D eigenvalue weighted by atomic mass is 16.4. The number of anilines is 1. The Kier molecular flexibility index (Phi) is 14.3. The summed E-state index contributed by atoms with van der Waals surface area (Å²) in [4.78, 5) is 85.6. The van der Waals surface area contributed by atoms with Crippen LogP contribution in [0.3, 0.4) is 0 Å². The highest BCUT2D eigenvalue weighted by molar-refractivity contribution is 6.47. The number of fused-ring (bicyclic) bond motifs is 2. The maximum absolute atomic E-state index is 11.0. The van der Waals surface area contributed by atoms with E-state index >= 15 is 0 Å². The molecule has 56 heavy (non-hydrogen) atoms. The molecule has 0 saturated carbocycles. The summed E-state index contributed by atoms with van der Waals surface area (Å²) < 4.78 is 0. The number of rotatable bonds is 8. The summed E-state index contributed by atoms with van der Waals surface area (Å²) in [5.74, 6) is -7.59. The highest BCUT2D eigenvalue weighted by Gasteiger charge is 2.33. The van der Waals surface area contributed by atoms with E-state index in [1.807, 2.05) is 0 Å². The number of nitrogens with one attached hydrogen (secondary N) is 2. The predicted molar refractivity (Wildman–Crippen MR) is 190 cm³/mol. The van der Waals surface area contributed by atoms with Crippen molar-refractivity contribution in [2.45, 2.75) is 49.9 Å². The van der Waals surface area contributed by atoms with Crippen LogP contribution in [0, 0.1) is 0 Å². The van der Waals surface area contributed by atoms with Crippen molar-refractivity contribution in [2.75, 3.05) is 5.32 Å². The molecular weight excluding hydrogens is 744 g/mol. The van der Waals surface area contributed by atoms with E-state index < -0.39 is 71.2 Å². The maximum atomic E-state index is 11.0. The van der Waals surface area contributed by atoms with Crippen LogP contribution < -0.4 is 22.1 Å². The molecule has 0 spiro atoms. The smallest absolute Gasteiger partial charge is 0.326 e.